The van der Waals surface area contributed by atoms with Gasteiger partial charge in [0.05, 0.1) is 0 Å². The van der Waals surface area contributed by atoms with Crippen LogP contribution in [-0.4, -0.2) is 32.9 Å². The number of hydrogen-bond donors (Lipinski definition) is 2. The van der Waals surface area contributed by atoms with E-state index in [2.05, 4.69) is 26.6 Å². The number of nitriles is 1. The van der Waals surface area contributed by atoms with Crippen LogP contribution >= 0.6 is 0 Å². The van der Waals surface area contributed by atoms with Gasteiger partial charge in [-0.05, 0) is 25.0 Å². The van der Waals surface area contributed by atoms with E-state index in [4.69, 9.17) is 10.00 Å². The highest BCUT2D eigenvalue weighted by atomic mass is 16.5. The Labute approximate surface area is 129 Å². The zero-order valence-corrected chi connectivity index (χ0v) is 12.8. The molecule has 0 spiro atoms. The Morgan fingerprint density at radius 3 is 3.14 bits per heavy atom. The first kappa shape index (κ1) is 14.8. The van der Waals surface area contributed by atoms with E-state index in [1.807, 2.05) is 30.8 Å². The van der Waals surface area contributed by atoms with Gasteiger partial charge in [0.2, 0.25) is 0 Å². The third kappa shape index (κ3) is 3.03. The second kappa shape index (κ2) is 6.30. The molecule has 2 aromatic heterocycles. The first-order valence-corrected chi connectivity index (χ1v) is 7.44. The molecule has 2 aromatic rings. The summed E-state index contributed by atoms with van der Waals surface area (Å²) in [7, 11) is 1.88. The number of ether oxygens (including phenoxy) is 1. The quantitative estimate of drug-likeness (QED) is 0.865. The summed E-state index contributed by atoms with van der Waals surface area (Å²) in [6.45, 7) is 4.22. The molecule has 1 aliphatic rings. The molecule has 1 saturated heterocycles. The molecule has 7 nitrogen and oxygen atoms in total. The Kier molecular flexibility index (Phi) is 4.22. The van der Waals surface area contributed by atoms with E-state index in [9.17, 15) is 0 Å². The van der Waals surface area contributed by atoms with Gasteiger partial charge in [0.25, 0.3) is 0 Å². The minimum absolute atomic E-state index is 0.0390. The van der Waals surface area contributed by atoms with Crippen molar-refractivity contribution in [1.29, 1.82) is 5.26 Å². The lowest BCUT2D eigenvalue weighted by Crippen LogP contribution is -2.25. The minimum Gasteiger partial charge on any atom is -0.370 e. The van der Waals surface area contributed by atoms with Crippen molar-refractivity contribution in [3.63, 3.8) is 0 Å². The third-order valence-electron chi connectivity index (χ3n) is 3.99. The first-order valence-electron chi connectivity index (χ1n) is 7.44. The fourth-order valence-corrected chi connectivity index (χ4v) is 2.86. The number of aromatic amines is 1. The maximum absolute atomic E-state index is 8.97. The molecule has 116 valence electrons. The summed E-state index contributed by atoms with van der Waals surface area (Å²) in [6, 6.07) is 4.08. The molecule has 1 aliphatic heterocycles. The van der Waals surface area contributed by atoms with E-state index in [0.29, 0.717) is 11.6 Å². The molecule has 22 heavy (non-hydrogen) atoms. The Hall–Kier alpha value is -2.17. The van der Waals surface area contributed by atoms with Crippen molar-refractivity contribution in [2.24, 2.45) is 13.0 Å². The maximum atomic E-state index is 8.97. The van der Waals surface area contributed by atoms with Gasteiger partial charge in [0, 0.05) is 38.9 Å². The molecular weight excluding hydrogens is 280 g/mol. The van der Waals surface area contributed by atoms with E-state index in [1.165, 1.54) is 0 Å². The number of aryl methyl sites for hydroxylation is 2. The molecular formula is C15H20N6O. The van der Waals surface area contributed by atoms with Gasteiger partial charge in [-0.3, -0.25) is 5.10 Å². The largest absolute Gasteiger partial charge is 0.370 e. The highest BCUT2D eigenvalue weighted by molar-refractivity contribution is 5.28. The van der Waals surface area contributed by atoms with Crippen molar-refractivity contribution in [2.45, 2.75) is 26.0 Å². The lowest BCUT2D eigenvalue weighted by atomic mass is 10.0. The SMILES string of the molecule is Cc1nc([C@H]2OCC[C@H]2CNCc2cc(C#N)n(C)c2)n[nH]1. The van der Waals surface area contributed by atoms with Gasteiger partial charge in [0.15, 0.2) is 5.82 Å². The molecule has 3 rings (SSSR count). The van der Waals surface area contributed by atoms with Crippen molar-refractivity contribution in [3.05, 3.63) is 35.2 Å². The second-order valence-corrected chi connectivity index (χ2v) is 5.71. The van der Waals surface area contributed by atoms with E-state index in [-0.39, 0.29) is 6.10 Å². The summed E-state index contributed by atoms with van der Waals surface area (Å²) in [5.74, 6) is 1.92. The summed E-state index contributed by atoms with van der Waals surface area (Å²) in [6.07, 6.45) is 2.94. The van der Waals surface area contributed by atoms with Crippen LogP contribution in [0.4, 0.5) is 0 Å². The summed E-state index contributed by atoms with van der Waals surface area (Å²) >= 11 is 0. The van der Waals surface area contributed by atoms with Crippen LogP contribution in [0.5, 0.6) is 0 Å². The molecule has 2 atom stereocenters. The van der Waals surface area contributed by atoms with Crippen molar-refractivity contribution >= 4 is 0 Å². The molecule has 3 heterocycles. The first-order chi connectivity index (χ1) is 10.7. The van der Waals surface area contributed by atoms with Crippen LogP contribution in [-0.2, 0) is 18.3 Å². The predicted molar refractivity (Wildman–Crippen MR) is 79.8 cm³/mol. The minimum atomic E-state index is -0.0390. The van der Waals surface area contributed by atoms with Gasteiger partial charge >= 0.3 is 0 Å². The maximum Gasteiger partial charge on any atom is 0.179 e. The smallest absolute Gasteiger partial charge is 0.179 e. The second-order valence-electron chi connectivity index (χ2n) is 5.71. The van der Waals surface area contributed by atoms with Crippen molar-refractivity contribution in [2.75, 3.05) is 13.2 Å². The fourth-order valence-electron chi connectivity index (χ4n) is 2.86. The van der Waals surface area contributed by atoms with Crippen LogP contribution in [0.2, 0.25) is 0 Å². The van der Waals surface area contributed by atoms with E-state index in [1.54, 1.807) is 0 Å². The monoisotopic (exact) mass is 300 g/mol. The van der Waals surface area contributed by atoms with Gasteiger partial charge in [-0.2, -0.15) is 10.4 Å². The van der Waals surface area contributed by atoms with E-state index in [0.717, 1.165) is 43.3 Å². The number of aromatic nitrogens is 4. The molecule has 0 unspecified atom stereocenters. The normalized spacial score (nSPS) is 21.1. The van der Waals surface area contributed by atoms with Crippen LogP contribution in [0.1, 0.15) is 35.4 Å². The topological polar surface area (TPSA) is 91.5 Å². The highest BCUT2D eigenvalue weighted by Gasteiger charge is 2.32. The lowest BCUT2D eigenvalue weighted by Gasteiger charge is -2.16. The molecule has 2 N–H and O–H groups in total. The molecule has 0 radical (unpaired) electrons. The zero-order chi connectivity index (χ0) is 15.5. The Bertz CT molecular complexity index is 683. The lowest BCUT2D eigenvalue weighted by molar-refractivity contribution is 0.0835. The summed E-state index contributed by atoms with van der Waals surface area (Å²) in [5.41, 5.74) is 1.79. The average Bonchev–Trinajstić information content (AvgIpc) is 3.19. The summed E-state index contributed by atoms with van der Waals surface area (Å²) < 4.78 is 7.62. The number of rotatable bonds is 5. The molecule has 0 saturated carbocycles. The number of H-pyrrole nitrogens is 1. The van der Waals surface area contributed by atoms with Gasteiger partial charge in [-0.1, -0.05) is 0 Å². The number of hydrogen-bond acceptors (Lipinski definition) is 5. The molecule has 1 fully saturated rings. The van der Waals surface area contributed by atoms with Gasteiger partial charge < -0.3 is 14.6 Å². The molecule has 7 heteroatoms. The molecule has 0 bridgehead atoms. The van der Waals surface area contributed by atoms with Crippen LogP contribution in [0.15, 0.2) is 12.3 Å². The number of nitrogens with zero attached hydrogens (tertiary/aromatic N) is 4. The standard InChI is InChI=1S/C15H20N6O/c1-10-18-15(20-19-10)14-12(3-4-22-14)8-17-7-11-5-13(6-16)21(2)9-11/h5,9,12,14,17H,3-4,7-8H2,1-2H3,(H,18,19,20)/t12-,14-/m0/s1. The predicted octanol–water partition coefficient (Wildman–Crippen LogP) is 1.19. The molecule has 0 aromatic carbocycles. The Morgan fingerprint density at radius 1 is 1.59 bits per heavy atom. The number of nitrogens with one attached hydrogen (secondary N) is 2. The third-order valence-corrected chi connectivity index (χ3v) is 3.99. The Balaban J connectivity index is 1.55. The van der Waals surface area contributed by atoms with Crippen molar-refractivity contribution in [1.82, 2.24) is 25.1 Å². The summed E-state index contributed by atoms with van der Waals surface area (Å²) in [4.78, 5) is 4.38. The van der Waals surface area contributed by atoms with Gasteiger partial charge in [-0.25, -0.2) is 4.98 Å². The van der Waals surface area contributed by atoms with Crippen LogP contribution in [0.25, 0.3) is 0 Å². The van der Waals surface area contributed by atoms with Crippen LogP contribution in [0, 0.1) is 24.2 Å². The van der Waals surface area contributed by atoms with Crippen molar-refractivity contribution in [3.8, 4) is 6.07 Å². The van der Waals surface area contributed by atoms with Crippen molar-refractivity contribution < 1.29 is 4.74 Å². The molecule has 0 aliphatic carbocycles. The zero-order valence-electron chi connectivity index (χ0n) is 12.8. The van der Waals surface area contributed by atoms with Crippen LogP contribution in [0.3, 0.4) is 0 Å². The molecule has 0 amide bonds. The highest BCUT2D eigenvalue weighted by Crippen LogP contribution is 2.32. The van der Waals surface area contributed by atoms with Gasteiger partial charge in [0.1, 0.15) is 23.7 Å². The fraction of sp³-hybridized carbons (Fsp3) is 0.533. The summed E-state index contributed by atoms with van der Waals surface area (Å²) in [5, 5.41) is 19.5. The van der Waals surface area contributed by atoms with E-state index < -0.39 is 0 Å². The van der Waals surface area contributed by atoms with Gasteiger partial charge in [-0.15, -0.1) is 0 Å². The average molecular weight is 300 g/mol. The Morgan fingerprint density at radius 2 is 2.45 bits per heavy atom. The van der Waals surface area contributed by atoms with E-state index >= 15 is 0 Å². The van der Waals surface area contributed by atoms with Crippen LogP contribution < -0.4 is 5.32 Å².